The van der Waals surface area contributed by atoms with Gasteiger partial charge in [0.25, 0.3) is 5.91 Å². The molecule has 43 heavy (non-hydrogen) atoms. The number of ether oxygens (including phenoxy) is 1. The molecule has 0 radical (unpaired) electrons. The SMILES string of the molecule is COc1ccc(F)cc1C(=O)NCc1ccc(C(=N)c2c(N)ncc3c2NCC[C@@H](C)NC(=O)CCCCCC=C3)cc1. The van der Waals surface area contributed by atoms with Gasteiger partial charge in [0.15, 0.2) is 0 Å². The summed E-state index contributed by atoms with van der Waals surface area (Å²) in [5.41, 5.74) is 10.2. The summed E-state index contributed by atoms with van der Waals surface area (Å²) in [4.78, 5) is 29.3. The van der Waals surface area contributed by atoms with Crippen molar-refractivity contribution in [2.24, 2.45) is 0 Å². The first-order chi connectivity index (χ1) is 20.8. The minimum absolute atomic E-state index is 0.00115. The molecule has 10 heteroatoms. The zero-order chi connectivity index (χ0) is 30.8. The minimum Gasteiger partial charge on any atom is -0.496 e. The quantitative estimate of drug-likeness (QED) is 0.244. The zero-order valence-corrected chi connectivity index (χ0v) is 24.6. The number of hydrogen-bond donors (Lipinski definition) is 5. The summed E-state index contributed by atoms with van der Waals surface area (Å²) in [6, 6.07) is 11.0. The number of hydrogen-bond acceptors (Lipinski definition) is 7. The summed E-state index contributed by atoms with van der Waals surface area (Å²) in [7, 11) is 1.42. The van der Waals surface area contributed by atoms with Gasteiger partial charge in [-0.05, 0) is 56.4 Å². The van der Waals surface area contributed by atoms with E-state index in [1.54, 1.807) is 18.3 Å². The molecule has 2 aromatic carbocycles. The molecule has 0 aliphatic carbocycles. The maximum Gasteiger partial charge on any atom is 0.255 e. The van der Waals surface area contributed by atoms with Gasteiger partial charge in [0.05, 0.1) is 29.6 Å². The van der Waals surface area contributed by atoms with E-state index in [-0.39, 0.29) is 41.3 Å². The van der Waals surface area contributed by atoms with Crippen LogP contribution in [0.4, 0.5) is 15.9 Å². The number of carbonyl (C=O) groups is 2. The Morgan fingerprint density at radius 1 is 1.19 bits per heavy atom. The van der Waals surface area contributed by atoms with Crippen molar-refractivity contribution in [3.63, 3.8) is 0 Å². The van der Waals surface area contributed by atoms with Gasteiger partial charge in [0.1, 0.15) is 17.4 Å². The minimum atomic E-state index is -0.526. The second-order valence-electron chi connectivity index (χ2n) is 10.6. The van der Waals surface area contributed by atoms with Crippen molar-refractivity contribution in [1.82, 2.24) is 15.6 Å². The fourth-order valence-electron chi connectivity index (χ4n) is 4.95. The third kappa shape index (κ3) is 8.41. The molecule has 0 bridgehead atoms. The topological polar surface area (TPSA) is 142 Å². The first-order valence-electron chi connectivity index (χ1n) is 14.5. The van der Waals surface area contributed by atoms with Gasteiger partial charge >= 0.3 is 0 Å². The lowest BCUT2D eigenvalue weighted by molar-refractivity contribution is -0.121. The predicted octanol–water partition coefficient (Wildman–Crippen LogP) is 5.44. The lowest BCUT2D eigenvalue weighted by Crippen LogP contribution is -2.33. The van der Waals surface area contributed by atoms with Crippen LogP contribution in [0.3, 0.4) is 0 Å². The molecule has 3 aromatic rings. The van der Waals surface area contributed by atoms with Crippen molar-refractivity contribution in [2.75, 3.05) is 24.7 Å². The van der Waals surface area contributed by atoms with Crippen molar-refractivity contribution < 1.29 is 18.7 Å². The number of amides is 2. The maximum atomic E-state index is 13.7. The molecule has 1 aliphatic rings. The molecule has 2 amide bonds. The number of aromatic nitrogens is 1. The first kappa shape index (κ1) is 31.2. The maximum absolute atomic E-state index is 13.7. The number of pyridine rings is 1. The number of halogens is 1. The van der Waals surface area contributed by atoms with Gasteiger partial charge in [-0.15, -0.1) is 0 Å². The number of nitrogens with zero attached hydrogens (tertiary/aromatic N) is 1. The van der Waals surface area contributed by atoms with Crippen LogP contribution in [0.2, 0.25) is 0 Å². The molecule has 6 N–H and O–H groups in total. The van der Waals surface area contributed by atoms with Crippen LogP contribution in [0.5, 0.6) is 5.75 Å². The summed E-state index contributed by atoms with van der Waals surface area (Å²) in [6.07, 6.45) is 10.8. The van der Waals surface area contributed by atoms with Crippen LogP contribution in [0.1, 0.15) is 78.1 Å². The normalized spacial score (nSPS) is 16.1. The van der Waals surface area contributed by atoms with Crippen LogP contribution in [0.25, 0.3) is 6.08 Å². The number of allylic oxidation sites excluding steroid dienone is 1. The van der Waals surface area contributed by atoms with E-state index < -0.39 is 11.7 Å². The molecule has 1 aliphatic heterocycles. The van der Waals surface area contributed by atoms with Crippen LogP contribution in [0, 0.1) is 11.2 Å². The Labute approximate surface area is 251 Å². The highest BCUT2D eigenvalue weighted by molar-refractivity contribution is 6.17. The molecule has 2 heterocycles. The molecule has 9 nitrogen and oxygen atoms in total. The fraction of sp³-hybridized carbons (Fsp3) is 0.333. The molecule has 0 spiro atoms. The molecule has 0 saturated carbocycles. The van der Waals surface area contributed by atoms with E-state index in [0.717, 1.165) is 48.6 Å². The van der Waals surface area contributed by atoms with Crippen LogP contribution in [-0.4, -0.2) is 42.2 Å². The number of fused-ring (bicyclic) bond motifs is 1. The zero-order valence-electron chi connectivity index (χ0n) is 24.6. The van der Waals surface area contributed by atoms with E-state index in [1.165, 1.54) is 19.2 Å². The molecular formula is C33H39FN6O3. The molecule has 1 atom stereocenters. The fourth-order valence-corrected chi connectivity index (χ4v) is 4.95. The molecule has 0 unspecified atom stereocenters. The highest BCUT2D eigenvalue weighted by Gasteiger charge is 2.19. The lowest BCUT2D eigenvalue weighted by Gasteiger charge is -2.19. The third-order valence-electron chi connectivity index (χ3n) is 7.35. The van der Waals surface area contributed by atoms with Crippen LogP contribution in [-0.2, 0) is 11.3 Å². The van der Waals surface area contributed by atoms with Gasteiger partial charge in [0, 0.05) is 42.9 Å². The Morgan fingerprint density at radius 3 is 2.74 bits per heavy atom. The molecule has 0 saturated heterocycles. The molecule has 4 rings (SSSR count). The average Bonchev–Trinajstić information content (AvgIpc) is 3.00. The van der Waals surface area contributed by atoms with Gasteiger partial charge in [-0.25, -0.2) is 9.37 Å². The monoisotopic (exact) mass is 586 g/mol. The van der Waals surface area contributed by atoms with Gasteiger partial charge in [0.2, 0.25) is 5.91 Å². The van der Waals surface area contributed by atoms with Crippen molar-refractivity contribution in [3.05, 3.63) is 88.4 Å². The number of carbonyl (C=O) groups excluding carboxylic acids is 2. The Morgan fingerprint density at radius 2 is 1.98 bits per heavy atom. The van der Waals surface area contributed by atoms with E-state index in [9.17, 15) is 14.0 Å². The van der Waals surface area contributed by atoms with Gasteiger partial charge in [-0.2, -0.15) is 0 Å². The first-order valence-corrected chi connectivity index (χ1v) is 14.5. The average molecular weight is 587 g/mol. The molecular weight excluding hydrogens is 547 g/mol. The van der Waals surface area contributed by atoms with Crippen molar-refractivity contribution in [2.45, 2.75) is 58.0 Å². The summed E-state index contributed by atoms with van der Waals surface area (Å²) in [6.45, 7) is 2.76. The summed E-state index contributed by atoms with van der Waals surface area (Å²) < 4.78 is 18.9. The van der Waals surface area contributed by atoms with E-state index in [2.05, 4.69) is 27.0 Å². The van der Waals surface area contributed by atoms with Crippen molar-refractivity contribution in [1.29, 1.82) is 5.41 Å². The van der Waals surface area contributed by atoms with Crippen LogP contribution >= 0.6 is 0 Å². The standard InChI is InChI=1S/C33H39FN6O3/c1-21-16-17-37-31-24(8-6-4-3-5-7-9-28(41)40-21)20-38-32(36)29(31)30(35)23-12-10-22(11-13-23)19-39-33(42)26-18-25(34)14-15-27(26)43-2/h6,8,10-15,18,20-21,35,37H,3-5,7,9,16-17,19H2,1-2H3,(H2,36,38)(H,39,42)(H,40,41)/t21-/m1/s1. The molecule has 226 valence electrons. The van der Waals surface area contributed by atoms with Crippen molar-refractivity contribution >= 4 is 35.1 Å². The number of rotatable bonds is 6. The summed E-state index contributed by atoms with van der Waals surface area (Å²) >= 11 is 0. The highest BCUT2D eigenvalue weighted by atomic mass is 19.1. The van der Waals surface area contributed by atoms with Gasteiger partial charge < -0.3 is 26.4 Å². The van der Waals surface area contributed by atoms with E-state index in [4.69, 9.17) is 15.9 Å². The molecule has 0 fully saturated rings. The smallest absolute Gasteiger partial charge is 0.255 e. The second-order valence-corrected chi connectivity index (χ2v) is 10.6. The summed E-state index contributed by atoms with van der Waals surface area (Å²) in [5, 5.41) is 18.4. The highest BCUT2D eigenvalue weighted by Crippen LogP contribution is 2.29. The van der Waals surface area contributed by atoms with Gasteiger partial charge in [-0.3, -0.25) is 15.0 Å². The van der Waals surface area contributed by atoms with Crippen LogP contribution in [0.15, 0.2) is 54.7 Å². The number of anilines is 2. The Bertz CT molecular complexity index is 1490. The Balaban J connectivity index is 1.52. The van der Waals surface area contributed by atoms with Gasteiger partial charge in [-0.1, -0.05) is 42.8 Å². The van der Waals surface area contributed by atoms with E-state index in [1.807, 2.05) is 25.1 Å². The Hall–Kier alpha value is -4.73. The predicted molar refractivity (Wildman–Crippen MR) is 168 cm³/mol. The van der Waals surface area contributed by atoms with E-state index in [0.29, 0.717) is 30.5 Å². The number of nitrogens with one attached hydrogen (secondary N) is 4. The largest absolute Gasteiger partial charge is 0.496 e. The van der Waals surface area contributed by atoms with Crippen molar-refractivity contribution in [3.8, 4) is 5.75 Å². The molecule has 1 aromatic heterocycles. The number of nitrogen functional groups attached to an aromatic ring is 1. The lowest BCUT2D eigenvalue weighted by atomic mass is 9.97. The third-order valence-corrected chi connectivity index (χ3v) is 7.35. The van der Waals surface area contributed by atoms with Crippen LogP contribution < -0.4 is 26.4 Å². The summed E-state index contributed by atoms with van der Waals surface area (Å²) in [5.74, 6) is -0.381. The van der Waals surface area contributed by atoms with E-state index >= 15 is 0 Å². The number of methoxy groups -OCH3 is 1. The Kier molecular flexibility index (Phi) is 10.9. The number of nitrogens with two attached hydrogens (primary N) is 1. The second kappa shape index (κ2) is 14.9. The number of benzene rings is 2.